The molecule has 0 radical (unpaired) electrons. The number of esters is 1. The van der Waals surface area contributed by atoms with Crippen LogP contribution in [0.15, 0.2) is 41.3 Å². The average Bonchev–Trinajstić information content (AvgIpc) is 3.34. The van der Waals surface area contributed by atoms with E-state index in [4.69, 9.17) is 33.3 Å². The summed E-state index contributed by atoms with van der Waals surface area (Å²) in [6.07, 6.45) is 7.27. The SMILES string of the molecule is COc1cc(/C=C2\SC(=S)N(C3CCCCC3)C2=O)ccc1OC(=O)c1sc2cc(C)ccc2c1Cl. The van der Waals surface area contributed by atoms with Gasteiger partial charge in [0.2, 0.25) is 0 Å². The minimum atomic E-state index is -0.543. The summed E-state index contributed by atoms with van der Waals surface area (Å²) >= 11 is 14.6. The number of amides is 1. The Balaban J connectivity index is 1.36. The maximum Gasteiger partial charge on any atom is 0.355 e. The molecule has 0 N–H and O–H groups in total. The normalized spacial score (nSPS) is 17.9. The summed E-state index contributed by atoms with van der Waals surface area (Å²) in [7, 11) is 1.51. The Labute approximate surface area is 228 Å². The summed E-state index contributed by atoms with van der Waals surface area (Å²) < 4.78 is 12.7. The van der Waals surface area contributed by atoms with Crippen molar-refractivity contribution in [1.29, 1.82) is 0 Å². The van der Waals surface area contributed by atoms with E-state index in [9.17, 15) is 9.59 Å². The van der Waals surface area contributed by atoms with Crippen LogP contribution in [-0.4, -0.2) is 34.2 Å². The zero-order valence-corrected chi connectivity index (χ0v) is 23.0. The number of fused-ring (bicyclic) bond motifs is 1. The molecule has 2 aliphatic rings. The van der Waals surface area contributed by atoms with Crippen LogP contribution in [0, 0.1) is 6.92 Å². The summed E-state index contributed by atoms with van der Waals surface area (Å²) in [5, 5.41) is 1.21. The first-order valence-electron chi connectivity index (χ1n) is 11.7. The van der Waals surface area contributed by atoms with Gasteiger partial charge in [0.05, 0.1) is 17.0 Å². The Morgan fingerprint density at radius 2 is 1.92 bits per heavy atom. The molecule has 1 saturated heterocycles. The fourth-order valence-corrected chi connectivity index (χ4v) is 7.48. The van der Waals surface area contributed by atoms with Crippen LogP contribution in [0.3, 0.4) is 0 Å². The van der Waals surface area contributed by atoms with Gasteiger partial charge in [-0.2, -0.15) is 0 Å². The molecule has 0 unspecified atom stereocenters. The van der Waals surface area contributed by atoms with Crippen molar-refractivity contribution in [3.8, 4) is 11.5 Å². The van der Waals surface area contributed by atoms with Gasteiger partial charge in [0, 0.05) is 16.1 Å². The van der Waals surface area contributed by atoms with Gasteiger partial charge in [-0.15, -0.1) is 11.3 Å². The fourth-order valence-electron chi connectivity index (χ4n) is 4.59. The number of ether oxygens (including phenoxy) is 2. The number of rotatable bonds is 5. The topological polar surface area (TPSA) is 55.8 Å². The van der Waals surface area contributed by atoms with Gasteiger partial charge in [0.15, 0.2) is 11.5 Å². The highest BCUT2D eigenvalue weighted by Crippen LogP contribution is 2.40. The van der Waals surface area contributed by atoms with Crippen molar-refractivity contribution in [3.05, 3.63) is 62.3 Å². The molecule has 2 aromatic carbocycles. The van der Waals surface area contributed by atoms with Crippen molar-refractivity contribution < 1.29 is 19.1 Å². The molecule has 1 saturated carbocycles. The number of hydrogen-bond donors (Lipinski definition) is 0. The number of hydrogen-bond acceptors (Lipinski definition) is 7. The van der Waals surface area contributed by atoms with Crippen LogP contribution in [0.4, 0.5) is 0 Å². The summed E-state index contributed by atoms with van der Waals surface area (Å²) in [6, 6.07) is 11.2. The van der Waals surface area contributed by atoms with Crippen LogP contribution in [0.25, 0.3) is 16.2 Å². The highest BCUT2D eigenvalue weighted by Gasteiger charge is 2.37. The van der Waals surface area contributed by atoms with Crippen LogP contribution in [0.5, 0.6) is 11.5 Å². The summed E-state index contributed by atoms with van der Waals surface area (Å²) in [5.74, 6) is 0.0753. The molecule has 9 heteroatoms. The Bertz CT molecular complexity index is 1410. The summed E-state index contributed by atoms with van der Waals surface area (Å²) in [5.41, 5.74) is 1.85. The quantitative estimate of drug-likeness (QED) is 0.139. The molecule has 2 heterocycles. The Morgan fingerprint density at radius 3 is 2.67 bits per heavy atom. The average molecular weight is 558 g/mol. The molecular weight excluding hydrogens is 534 g/mol. The van der Waals surface area contributed by atoms with E-state index >= 15 is 0 Å². The second-order valence-electron chi connectivity index (χ2n) is 8.89. The van der Waals surface area contributed by atoms with E-state index in [0.29, 0.717) is 24.9 Å². The van der Waals surface area contributed by atoms with Crippen molar-refractivity contribution in [3.63, 3.8) is 0 Å². The number of benzene rings is 2. The molecule has 2 fully saturated rings. The van der Waals surface area contributed by atoms with E-state index in [2.05, 4.69) is 0 Å². The van der Waals surface area contributed by atoms with Crippen molar-refractivity contribution in [2.75, 3.05) is 7.11 Å². The monoisotopic (exact) mass is 557 g/mol. The van der Waals surface area contributed by atoms with E-state index in [1.165, 1.54) is 36.6 Å². The van der Waals surface area contributed by atoms with Crippen LogP contribution in [0.2, 0.25) is 5.02 Å². The third kappa shape index (κ3) is 4.92. The first kappa shape index (κ1) is 25.3. The largest absolute Gasteiger partial charge is 0.493 e. The molecule has 5 rings (SSSR count). The highest BCUT2D eigenvalue weighted by molar-refractivity contribution is 8.26. The Kier molecular flexibility index (Phi) is 7.40. The van der Waals surface area contributed by atoms with E-state index in [1.54, 1.807) is 29.2 Å². The lowest BCUT2D eigenvalue weighted by Crippen LogP contribution is -2.39. The molecular formula is C27H24ClNO4S3. The van der Waals surface area contributed by atoms with Crippen LogP contribution >= 0.6 is 46.9 Å². The molecule has 1 aromatic heterocycles. The first-order valence-corrected chi connectivity index (χ1v) is 14.1. The van der Waals surface area contributed by atoms with Gasteiger partial charge in [0.25, 0.3) is 5.91 Å². The molecule has 0 bridgehead atoms. The van der Waals surface area contributed by atoms with E-state index in [0.717, 1.165) is 46.9 Å². The molecule has 1 amide bonds. The minimum absolute atomic E-state index is 0.0407. The number of methoxy groups -OCH3 is 1. The van der Waals surface area contributed by atoms with E-state index in [-0.39, 0.29) is 17.7 Å². The van der Waals surface area contributed by atoms with Crippen molar-refractivity contribution >= 4 is 79.3 Å². The maximum absolute atomic E-state index is 13.1. The molecule has 0 spiro atoms. The number of thiophene rings is 1. The fraction of sp³-hybridized carbons (Fsp3) is 0.296. The lowest BCUT2D eigenvalue weighted by atomic mass is 9.94. The van der Waals surface area contributed by atoms with Crippen molar-refractivity contribution in [1.82, 2.24) is 4.90 Å². The molecule has 186 valence electrons. The summed E-state index contributed by atoms with van der Waals surface area (Å²) in [6.45, 7) is 1.99. The van der Waals surface area contributed by atoms with E-state index in [1.807, 2.05) is 25.1 Å². The van der Waals surface area contributed by atoms with Crippen molar-refractivity contribution in [2.45, 2.75) is 45.1 Å². The third-order valence-corrected chi connectivity index (χ3v) is 9.39. The molecule has 1 aliphatic carbocycles. The highest BCUT2D eigenvalue weighted by atomic mass is 35.5. The summed E-state index contributed by atoms with van der Waals surface area (Å²) in [4.78, 5) is 28.8. The number of thiocarbonyl (C=S) groups is 1. The number of halogens is 1. The smallest absolute Gasteiger partial charge is 0.355 e. The molecule has 0 atom stereocenters. The number of aryl methyl sites for hydroxylation is 1. The molecule has 3 aromatic rings. The first-order chi connectivity index (χ1) is 17.4. The second kappa shape index (κ2) is 10.5. The number of carbonyl (C=O) groups excluding carboxylic acids is 2. The Morgan fingerprint density at radius 1 is 1.14 bits per heavy atom. The minimum Gasteiger partial charge on any atom is -0.493 e. The van der Waals surface area contributed by atoms with Crippen molar-refractivity contribution in [2.24, 2.45) is 0 Å². The van der Waals surface area contributed by atoms with Crippen LogP contribution in [0.1, 0.15) is 52.9 Å². The van der Waals surface area contributed by atoms with Gasteiger partial charge in [-0.05, 0) is 55.2 Å². The predicted molar refractivity (Wildman–Crippen MR) is 151 cm³/mol. The second-order valence-corrected chi connectivity index (χ2v) is 12.0. The van der Waals surface area contributed by atoms with Gasteiger partial charge < -0.3 is 9.47 Å². The predicted octanol–water partition coefficient (Wildman–Crippen LogP) is 7.62. The van der Waals surface area contributed by atoms with Gasteiger partial charge in [-0.3, -0.25) is 9.69 Å². The van der Waals surface area contributed by atoms with Gasteiger partial charge >= 0.3 is 5.97 Å². The Hall–Kier alpha value is -2.39. The number of thioether (sulfide) groups is 1. The standard InChI is InChI=1S/C27H24ClNO4S3/c1-15-8-10-18-21(12-15)35-24(23(18)28)26(31)33-19-11-9-16(13-20(19)32-2)14-22-25(30)29(27(34)36-22)17-6-4-3-5-7-17/h8-14,17H,3-7H2,1-2H3/b22-14-. The number of carbonyl (C=O) groups is 2. The zero-order chi connectivity index (χ0) is 25.4. The van der Waals surface area contributed by atoms with Crippen LogP contribution in [-0.2, 0) is 4.79 Å². The van der Waals surface area contributed by atoms with Gasteiger partial charge in [0.1, 0.15) is 9.20 Å². The number of nitrogens with zero attached hydrogens (tertiary/aromatic N) is 1. The molecule has 1 aliphatic heterocycles. The van der Waals surface area contributed by atoms with Gasteiger partial charge in [-0.1, -0.05) is 73.0 Å². The third-order valence-electron chi connectivity index (χ3n) is 6.42. The lowest BCUT2D eigenvalue weighted by Gasteiger charge is -2.29. The maximum atomic E-state index is 13.1. The zero-order valence-electron chi connectivity index (χ0n) is 19.8. The lowest BCUT2D eigenvalue weighted by molar-refractivity contribution is -0.124. The van der Waals surface area contributed by atoms with E-state index < -0.39 is 5.97 Å². The van der Waals surface area contributed by atoms with Gasteiger partial charge in [-0.25, -0.2) is 4.79 Å². The van der Waals surface area contributed by atoms with Crippen LogP contribution < -0.4 is 9.47 Å². The molecule has 5 nitrogen and oxygen atoms in total. The molecule has 36 heavy (non-hydrogen) atoms.